The lowest BCUT2D eigenvalue weighted by molar-refractivity contribution is 0.255. The van der Waals surface area contributed by atoms with Gasteiger partial charge in [-0.05, 0) is 88.9 Å². The summed E-state index contributed by atoms with van der Waals surface area (Å²) < 4.78 is 0. The second-order valence-corrected chi connectivity index (χ2v) is 8.24. The summed E-state index contributed by atoms with van der Waals surface area (Å²) in [7, 11) is 0. The van der Waals surface area contributed by atoms with Crippen LogP contribution in [0.15, 0.2) is 36.5 Å². The summed E-state index contributed by atoms with van der Waals surface area (Å²) in [5, 5.41) is 0. The molecule has 0 N–H and O–H groups in total. The molecule has 0 bridgehead atoms. The molecule has 0 unspecified atom stereocenters. The number of allylic oxidation sites excluding steroid dienone is 6. The van der Waals surface area contributed by atoms with Gasteiger partial charge in [-0.1, -0.05) is 62.1 Å². The summed E-state index contributed by atoms with van der Waals surface area (Å²) in [6.07, 6.45) is 31.3. The molecule has 0 aromatic heterocycles. The Kier molecular flexibility index (Phi) is 9.54. The predicted octanol–water partition coefficient (Wildman–Crippen LogP) is 7.87. The zero-order chi connectivity index (χ0) is 17.0. The van der Waals surface area contributed by atoms with Crippen molar-refractivity contribution in [2.75, 3.05) is 0 Å². The van der Waals surface area contributed by atoms with E-state index in [0.717, 1.165) is 23.7 Å². The normalized spacial score (nSPS) is 32.2. The highest BCUT2D eigenvalue weighted by molar-refractivity contribution is 4.95. The van der Waals surface area contributed by atoms with E-state index < -0.39 is 0 Å². The Bertz CT molecular complexity index is 384. The van der Waals surface area contributed by atoms with Crippen molar-refractivity contribution in [1.82, 2.24) is 0 Å². The van der Waals surface area contributed by atoms with E-state index in [9.17, 15) is 0 Å². The lowest BCUT2D eigenvalue weighted by Crippen LogP contribution is -2.14. The van der Waals surface area contributed by atoms with Gasteiger partial charge in [0.25, 0.3) is 0 Å². The molecule has 0 atom stereocenters. The van der Waals surface area contributed by atoms with Gasteiger partial charge < -0.3 is 0 Å². The lowest BCUT2D eigenvalue weighted by Gasteiger charge is -2.28. The van der Waals surface area contributed by atoms with E-state index in [2.05, 4.69) is 50.3 Å². The molecule has 0 saturated heterocycles. The summed E-state index contributed by atoms with van der Waals surface area (Å²) in [5.74, 6) is 3.76. The molecule has 0 aromatic carbocycles. The monoisotopic (exact) mass is 328 g/mol. The van der Waals surface area contributed by atoms with Crippen LogP contribution in [0.4, 0.5) is 0 Å². The van der Waals surface area contributed by atoms with Crippen molar-refractivity contribution in [1.29, 1.82) is 0 Å². The third-order valence-electron chi connectivity index (χ3n) is 6.37. The van der Waals surface area contributed by atoms with Crippen molar-refractivity contribution in [3.8, 4) is 0 Å². The zero-order valence-corrected chi connectivity index (χ0v) is 16.3. The zero-order valence-electron chi connectivity index (χ0n) is 16.3. The summed E-state index contributed by atoms with van der Waals surface area (Å²) in [6.45, 7) is 4.29. The van der Waals surface area contributed by atoms with Crippen LogP contribution in [-0.4, -0.2) is 0 Å². The SMILES string of the molecule is CC=CCCC1CCC(CCC=CC2CCC(C=CC)CC2)CC1. The van der Waals surface area contributed by atoms with Crippen LogP contribution in [0.3, 0.4) is 0 Å². The Labute approximate surface area is 151 Å². The Morgan fingerprint density at radius 3 is 1.58 bits per heavy atom. The second-order valence-electron chi connectivity index (χ2n) is 8.24. The summed E-state index contributed by atoms with van der Waals surface area (Å²) in [5.41, 5.74) is 0. The number of rotatable bonds is 8. The van der Waals surface area contributed by atoms with Crippen molar-refractivity contribution in [2.45, 2.75) is 90.9 Å². The second kappa shape index (κ2) is 11.7. The van der Waals surface area contributed by atoms with E-state index in [-0.39, 0.29) is 0 Å². The van der Waals surface area contributed by atoms with Crippen molar-refractivity contribution < 1.29 is 0 Å². The van der Waals surface area contributed by atoms with Gasteiger partial charge >= 0.3 is 0 Å². The Hall–Kier alpha value is -0.780. The van der Waals surface area contributed by atoms with Crippen molar-refractivity contribution in [3.05, 3.63) is 36.5 Å². The van der Waals surface area contributed by atoms with E-state index in [0.29, 0.717) is 0 Å². The van der Waals surface area contributed by atoms with Gasteiger partial charge in [0.15, 0.2) is 0 Å². The van der Waals surface area contributed by atoms with Crippen LogP contribution in [0.5, 0.6) is 0 Å². The first-order valence-corrected chi connectivity index (χ1v) is 10.7. The van der Waals surface area contributed by atoms with Crippen LogP contribution in [0.1, 0.15) is 90.9 Å². The molecule has 2 fully saturated rings. The molecule has 0 nitrogen and oxygen atoms in total. The third kappa shape index (κ3) is 7.41. The minimum atomic E-state index is 0.864. The van der Waals surface area contributed by atoms with Gasteiger partial charge in [0, 0.05) is 0 Å². The van der Waals surface area contributed by atoms with Crippen molar-refractivity contribution in [2.24, 2.45) is 23.7 Å². The molecule has 2 rings (SSSR count). The fourth-order valence-corrected chi connectivity index (χ4v) is 4.73. The molecular weight excluding hydrogens is 288 g/mol. The first-order valence-electron chi connectivity index (χ1n) is 10.7. The van der Waals surface area contributed by atoms with E-state index >= 15 is 0 Å². The topological polar surface area (TPSA) is 0 Å². The lowest BCUT2D eigenvalue weighted by atomic mass is 9.78. The molecule has 2 aliphatic carbocycles. The van der Waals surface area contributed by atoms with Gasteiger partial charge in [-0.25, -0.2) is 0 Å². The number of hydrogen-bond donors (Lipinski definition) is 0. The van der Waals surface area contributed by atoms with Crippen LogP contribution in [-0.2, 0) is 0 Å². The van der Waals surface area contributed by atoms with E-state index in [1.807, 2.05) is 0 Å². The molecule has 0 amide bonds. The van der Waals surface area contributed by atoms with Gasteiger partial charge in [-0.15, -0.1) is 0 Å². The highest BCUT2D eigenvalue weighted by Crippen LogP contribution is 2.34. The van der Waals surface area contributed by atoms with Gasteiger partial charge in [0.1, 0.15) is 0 Å². The minimum Gasteiger partial charge on any atom is -0.0917 e. The molecular formula is C24H40. The minimum absolute atomic E-state index is 0.864. The fourth-order valence-electron chi connectivity index (χ4n) is 4.73. The summed E-state index contributed by atoms with van der Waals surface area (Å²) in [6, 6.07) is 0. The Morgan fingerprint density at radius 1 is 0.583 bits per heavy atom. The molecule has 24 heavy (non-hydrogen) atoms. The van der Waals surface area contributed by atoms with Crippen LogP contribution in [0, 0.1) is 23.7 Å². The maximum Gasteiger partial charge on any atom is -0.0233 e. The largest absolute Gasteiger partial charge is 0.0917 e. The van der Waals surface area contributed by atoms with E-state index in [1.165, 1.54) is 77.0 Å². The molecule has 2 aliphatic rings. The average molecular weight is 329 g/mol. The summed E-state index contributed by atoms with van der Waals surface area (Å²) in [4.78, 5) is 0. The van der Waals surface area contributed by atoms with Crippen LogP contribution in [0.2, 0.25) is 0 Å². The molecule has 0 aliphatic heterocycles. The third-order valence-corrected chi connectivity index (χ3v) is 6.37. The molecule has 0 heterocycles. The van der Waals surface area contributed by atoms with Gasteiger partial charge in [0.2, 0.25) is 0 Å². The predicted molar refractivity (Wildman–Crippen MR) is 108 cm³/mol. The average Bonchev–Trinajstić information content (AvgIpc) is 2.62. The standard InChI is InChI=1S/C24H40/c1-3-5-6-10-22-17-19-24(20-18-22)12-8-7-11-23-15-13-21(9-4-2)14-16-23/h3-5,7,9,11,21-24H,6,8,10,12-20H2,1-2H3. The maximum absolute atomic E-state index is 2.55. The molecule has 0 heteroatoms. The molecule has 0 spiro atoms. The highest BCUT2D eigenvalue weighted by Gasteiger charge is 2.20. The maximum atomic E-state index is 2.55. The Balaban J connectivity index is 1.54. The highest BCUT2D eigenvalue weighted by atomic mass is 14.3. The number of hydrogen-bond acceptors (Lipinski definition) is 0. The van der Waals surface area contributed by atoms with Gasteiger partial charge in [-0.2, -0.15) is 0 Å². The first-order chi connectivity index (χ1) is 11.8. The van der Waals surface area contributed by atoms with Crippen LogP contribution >= 0.6 is 0 Å². The molecule has 2 saturated carbocycles. The first kappa shape index (κ1) is 19.5. The van der Waals surface area contributed by atoms with Gasteiger partial charge in [0.05, 0.1) is 0 Å². The fraction of sp³-hybridized carbons (Fsp3) is 0.750. The molecule has 136 valence electrons. The van der Waals surface area contributed by atoms with Crippen LogP contribution < -0.4 is 0 Å². The van der Waals surface area contributed by atoms with Crippen molar-refractivity contribution in [3.63, 3.8) is 0 Å². The quantitative estimate of drug-likeness (QED) is 0.398. The van der Waals surface area contributed by atoms with E-state index in [1.54, 1.807) is 0 Å². The Morgan fingerprint density at radius 2 is 1.08 bits per heavy atom. The molecule has 0 radical (unpaired) electrons. The van der Waals surface area contributed by atoms with Gasteiger partial charge in [-0.3, -0.25) is 0 Å². The smallest absolute Gasteiger partial charge is 0.0233 e. The summed E-state index contributed by atoms with van der Waals surface area (Å²) >= 11 is 0. The van der Waals surface area contributed by atoms with Crippen LogP contribution in [0.25, 0.3) is 0 Å². The molecule has 0 aromatic rings. The van der Waals surface area contributed by atoms with Crippen molar-refractivity contribution >= 4 is 0 Å². The van der Waals surface area contributed by atoms with E-state index in [4.69, 9.17) is 0 Å².